The molecule has 0 radical (unpaired) electrons. The summed E-state index contributed by atoms with van der Waals surface area (Å²) >= 11 is 0. The molecule has 132 valence electrons. The summed E-state index contributed by atoms with van der Waals surface area (Å²) in [6.07, 6.45) is 5.43. The highest BCUT2D eigenvalue weighted by Gasteiger charge is 2.18. The van der Waals surface area contributed by atoms with Crippen molar-refractivity contribution in [1.29, 1.82) is 0 Å². The van der Waals surface area contributed by atoms with Crippen molar-refractivity contribution in [2.24, 2.45) is 4.99 Å². The Morgan fingerprint density at radius 3 is 2.57 bits per heavy atom. The number of hydrogen-bond acceptors (Lipinski definition) is 4. The fourth-order valence-corrected chi connectivity index (χ4v) is 2.87. The summed E-state index contributed by atoms with van der Waals surface area (Å²) in [7, 11) is 3.99. The summed E-state index contributed by atoms with van der Waals surface area (Å²) in [5, 5.41) is 6.58. The molecule has 1 aliphatic rings. The molecule has 2 rings (SSSR count). The van der Waals surface area contributed by atoms with Crippen molar-refractivity contribution < 1.29 is 4.42 Å². The van der Waals surface area contributed by atoms with Crippen LogP contribution in [0.4, 0.5) is 0 Å². The van der Waals surface area contributed by atoms with Gasteiger partial charge in [-0.3, -0.25) is 4.99 Å². The molecule has 0 spiro atoms. The highest BCUT2D eigenvalue weighted by atomic mass is 127. The molecular weight excluding hydrogens is 405 g/mol. The first-order valence-corrected chi connectivity index (χ1v) is 8.18. The third-order valence-electron chi connectivity index (χ3n) is 4.41. The maximum Gasteiger partial charge on any atom is 0.214 e. The Balaban J connectivity index is 0.00000264. The van der Waals surface area contributed by atoms with E-state index < -0.39 is 0 Å². The number of nitrogens with one attached hydrogen (secondary N) is 2. The van der Waals surface area contributed by atoms with Crippen molar-refractivity contribution in [3.8, 4) is 0 Å². The lowest BCUT2D eigenvalue weighted by molar-refractivity contribution is 0.249. The Kier molecular flexibility index (Phi) is 8.90. The van der Waals surface area contributed by atoms with Gasteiger partial charge < -0.3 is 20.0 Å². The normalized spacial score (nSPS) is 15.8. The number of halogens is 1. The van der Waals surface area contributed by atoms with E-state index >= 15 is 0 Å². The molecule has 2 N–H and O–H groups in total. The summed E-state index contributed by atoms with van der Waals surface area (Å²) in [5.41, 5.74) is 0.943. The predicted molar refractivity (Wildman–Crippen MR) is 104 cm³/mol. The van der Waals surface area contributed by atoms with Crippen LogP contribution >= 0.6 is 24.0 Å². The fraction of sp³-hybridized carbons (Fsp3) is 0.750. The van der Waals surface area contributed by atoms with E-state index in [-0.39, 0.29) is 24.0 Å². The van der Waals surface area contributed by atoms with E-state index in [4.69, 9.17) is 4.42 Å². The highest BCUT2D eigenvalue weighted by molar-refractivity contribution is 14.0. The van der Waals surface area contributed by atoms with Crippen molar-refractivity contribution in [1.82, 2.24) is 20.5 Å². The van der Waals surface area contributed by atoms with Crippen LogP contribution in [-0.4, -0.2) is 49.1 Å². The number of hydrogen-bond donors (Lipinski definition) is 2. The lowest BCUT2D eigenvalue weighted by Gasteiger charge is -2.24. The quantitative estimate of drug-likeness (QED) is 0.408. The molecule has 0 unspecified atom stereocenters. The van der Waals surface area contributed by atoms with Gasteiger partial charge in [-0.2, -0.15) is 0 Å². The summed E-state index contributed by atoms with van der Waals surface area (Å²) in [6.45, 7) is 6.34. The van der Waals surface area contributed by atoms with Crippen LogP contribution in [0.1, 0.15) is 43.0 Å². The Morgan fingerprint density at radius 1 is 1.30 bits per heavy atom. The van der Waals surface area contributed by atoms with Crippen molar-refractivity contribution in [3.05, 3.63) is 17.3 Å². The molecule has 1 fully saturated rings. The van der Waals surface area contributed by atoms with Crippen molar-refractivity contribution in [3.63, 3.8) is 0 Å². The monoisotopic (exact) mass is 435 g/mol. The summed E-state index contributed by atoms with van der Waals surface area (Å²) in [6, 6.07) is 0.759. The molecule has 23 heavy (non-hydrogen) atoms. The number of aromatic nitrogens is 1. The molecule has 0 aromatic carbocycles. The molecule has 0 amide bonds. The van der Waals surface area contributed by atoms with E-state index in [1.165, 1.54) is 25.7 Å². The molecule has 0 atom stereocenters. The van der Waals surface area contributed by atoms with Gasteiger partial charge in [-0.05, 0) is 33.7 Å². The third-order valence-corrected chi connectivity index (χ3v) is 4.41. The zero-order valence-electron chi connectivity index (χ0n) is 14.7. The van der Waals surface area contributed by atoms with Crippen LogP contribution in [0, 0.1) is 13.8 Å². The van der Waals surface area contributed by atoms with Crippen molar-refractivity contribution >= 4 is 29.9 Å². The Hall–Kier alpha value is -0.830. The second-order valence-electron chi connectivity index (χ2n) is 6.02. The second-order valence-corrected chi connectivity index (χ2v) is 6.02. The fourth-order valence-electron chi connectivity index (χ4n) is 2.87. The van der Waals surface area contributed by atoms with Crippen LogP contribution in [-0.2, 0) is 6.54 Å². The van der Waals surface area contributed by atoms with Crippen LogP contribution in [0.5, 0.6) is 0 Å². The van der Waals surface area contributed by atoms with Gasteiger partial charge in [0.15, 0.2) is 5.96 Å². The number of aryl methyl sites for hydroxylation is 2. The van der Waals surface area contributed by atoms with Gasteiger partial charge in [0.05, 0.1) is 12.2 Å². The van der Waals surface area contributed by atoms with E-state index in [0.717, 1.165) is 36.5 Å². The summed E-state index contributed by atoms with van der Waals surface area (Å²) < 4.78 is 5.55. The number of aliphatic imine (C=N–C) groups is 1. The van der Waals surface area contributed by atoms with Gasteiger partial charge in [0.25, 0.3) is 0 Å². The largest absolute Gasteiger partial charge is 0.444 e. The van der Waals surface area contributed by atoms with Crippen molar-refractivity contribution in [2.75, 3.05) is 27.2 Å². The second kappa shape index (κ2) is 10.1. The maximum absolute atomic E-state index is 5.55. The first-order valence-electron chi connectivity index (χ1n) is 8.18. The number of rotatable bonds is 6. The van der Waals surface area contributed by atoms with Gasteiger partial charge in [0, 0.05) is 26.2 Å². The molecule has 7 heteroatoms. The maximum atomic E-state index is 5.55. The average Bonchev–Trinajstić information content (AvgIpc) is 3.13. The van der Waals surface area contributed by atoms with E-state index in [1.54, 1.807) is 7.05 Å². The molecule has 1 aliphatic carbocycles. The molecule has 1 heterocycles. The van der Waals surface area contributed by atoms with Crippen LogP contribution in [0.15, 0.2) is 9.41 Å². The van der Waals surface area contributed by atoms with Gasteiger partial charge in [0.1, 0.15) is 5.76 Å². The summed E-state index contributed by atoms with van der Waals surface area (Å²) in [4.78, 5) is 11.0. The summed E-state index contributed by atoms with van der Waals surface area (Å²) in [5.74, 6) is 2.35. The number of likely N-dealkylation sites (N-methyl/N-ethyl adjacent to an activating group) is 1. The standard InChI is InChI=1S/C16H29N5O.HI/c1-12-13(2)22-15(20-12)11-19-16(17-3)18-9-10-21(4)14-7-5-6-8-14;/h14H,5-11H2,1-4H3,(H2,17,18,19);1H. The molecule has 0 aliphatic heterocycles. The molecule has 1 aromatic rings. The Bertz CT molecular complexity index is 477. The molecule has 0 saturated heterocycles. The highest BCUT2D eigenvalue weighted by Crippen LogP contribution is 2.21. The lowest BCUT2D eigenvalue weighted by Crippen LogP contribution is -2.42. The van der Waals surface area contributed by atoms with E-state index in [9.17, 15) is 0 Å². The van der Waals surface area contributed by atoms with Crippen molar-refractivity contribution in [2.45, 2.75) is 52.1 Å². The van der Waals surface area contributed by atoms with Crippen LogP contribution in [0.25, 0.3) is 0 Å². The zero-order valence-corrected chi connectivity index (χ0v) is 17.0. The number of guanidine groups is 1. The van der Waals surface area contributed by atoms with Gasteiger partial charge in [0.2, 0.25) is 5.89 Å². The van der Waals surface area contributed by atoms with E-state index in [1.807, 2.05) is 13.8 Å². The van der Waals surface area contributed by atoms with Gasteiger partial charge in [-0.1, -0.05) is 12.8 Å². The predicted octanol–water partition coefficient (Wildman–Crippen LogP) is 2.45. The minimum absolute atomic E-state index is 0. The first-order chi connectivity index (χ1) is 10.6. The van der Waals surface area contributed by atoms with Gasteiger partial charge >= 0.3 is 0 Å². The van der Waals surface area contributed by atoms with E-state index in [2.05, 4.69) is 32.6 Å². The molecular formula is C16H30IN5O. The minimum Gasteiger partial charge on any atom is -0.444 e. The first kappa shape index (κ1) is 20.2. The molecule has 1 aromatic heterocycles. The Labute approximate surface area is 156 Å². The lowest BCUT2D eigenvalue weighted by atomic mass is 10.2. The molecule has 6 nitrogen and oxygen atoms in total. The van der Waals surface area contributed by atoms with Gasteiger partial charge in [-0.15, -0.1) is 24.0 Å². The third kappa shape index (κ3) is 6.29. The molecule has 1 saturated carbocycles. The van der Waals surface area contributed by atoms with Gasteiger partial charge in [-0.25, -0.2) is 4.98 Å². The average molecular weight is 435 g/mol. The smallest absolute Gasteiger partial charge is 0.214 e. The SMILES string of the molecule is CN=C(NCCN(C)C1CCCC1)NCc1nc(C)c(C)o1.I. The minimum atomic E-state index is 0. The Morgan fingerprint density at radius 2 is 2.00 bits per heavy atom. The number of oxazole rings is 1. The van der Waals surface area contributed by atoms with Crippen LogP contribution in [0.3, 0.4) is 0 Å². The van der Waals surface area contributed by atoms with Crippen LogP contribution in [0.2, 0.25) is 0 Å². The van der Waals surface area contributed by atoms with E-state index in [0.29, 0.717) is 12.4 Å². The zero-order chi connectivity index (χ0) is 15.9. The molecule has 0 bridgehead atoms. The number of nitrogens with zero attached hydrogens (tertiary/aromatic N) is 3. The topological polar surface area (TPSA) is 65.7 Å². The van der Waals surface area contributed by atoms with Crippen LogP contribution < -0.4 is 10.6 Å².